The van der Waals surface area contributed by atoms with Crippen molar-refractivity contribution in [3.63, 3.8) is 0 Å². The van der Waals surface area contributed by atoms with Gasteiger partial charge in [0.2, 0.25) is 0 Å². The van der Waals surface area contributed by atoms with Crippen molar-refractivity contribution in [2.45, 2.75) is 32.3 Å². The van der Waals surface area contributed by atoms with Gasteiger partial charge in [0.25, 0.3) is 0 Å². The molecule has 148 valence electrons. The summed E-state index contributed by atoms with van der Waals surface area (Å²) in [6.45, 7) is 2.31. The number of nitrogens with zero attached hydrogens (tertiary/aromatic N) is 1. The molecule has 1 heterocycles. The van der Waals surface area contributed by atoms with Crippen molar-refractivity contribution >= 4 is 11.8 Å². The molecule has 0 radical (unpaired) electrons. The molecule has 5 heteroatoms. The van der Waals surface area contributed by atoms with Crippen molar-refractivity contribution in [1.29, 1.82) is 0 Å². The van der Waals surface area contributed by atoms with Gasteiger partial charge in [-0.1, -0.05) is 36.4 Å². The van der Waals surface area contributed by atoms with E-state index in [-0.39, 0.29) is 18.6 Å². The molecule has 1 N–H and O–H groups in total. The van der Waals surface area contributed by atoms with Crippen LogP contribution in [0.25, 0.3) is 0 Å². The predicted octanol–water partition coefficient (Wildman–Crippen LogP) is 4.80. The Balaban J connectivity index is 1.81. The minimum absolute atomic E-state index is 0.0665. The van der Waals surface area contributed by atoms with Gasteiger partial charge in [-0.25, -0.2) is 0 Å². The van der Waals surface area contributed by atoms with Crippen LogP contribution >= 0.6 is 0 Å². The summed E-state index contributed by atoms with van der Waals surface area (Å²) in [5.74, 6) is -0.932. The minimum atomic E-state index is -0.911. The van der Waals surface area contributed by atoms with Crippen molar-refractivity contribution < 1.29 is 19.4 Å². The smallest absolute Gasteiger partial charge is 0.303 e. The zero-order valence-electron chi connectivity index (χ0n) is 16.2. The highest BCUT2D eigenvalue weighted by Crippen LogP contribution is 2.29. The highest BCUT2D eigenvalue weighted by molar-refractivity contribution is 6.01. The van der Waals surface area contributed by atoms with Gasteiger partial charge >= 0.3 is 5.97 Å². The van der Waals surface area contributed by atoms with Crippen LogP contribution in [-0.2, 0) is 11.4 Å². The van der Waals surface area contributed by atoms with Crippen LogP contribution in [0.4, 0.5) is 0 Å². The number of carboxylic acid groups (broad SMARTS) is 1. The highest BCUT2D eigenvalue weighted by atomic mass is 16.5. The van der Waals surface area contributed by atoms with E-state index in [4.69, 9.17) is 9.84 Å². The Morgan fingerprint density at radius 1 is 1.03 bits per heavy atom. The number of aliphatic carboxylic acids is 1. The van der Waals surface area contributed by atoms with Gasteiger partial charge in [-0.15, -0.1) is 0 Å². The molecule has 2 aromatic carbocycles. The van der Waals surface area contributed by atoms with E-state index in [0.29, 0.717) is 17.9 Å². The number of hydrogen-bond acceptors (Lipinski definition) is 4. The maximum absolute atomic E-state index is 13.3. The number of aromatic nitrogens is 1. The number of rotatable bonds is 9. The molecule has 0 spiro atoms. The molecule has 3 aromatic rings. The van der Waals surface area contributed by atoms with E-state index in [1.807, 2.05) is 43.3 Å². The topological polar surface area (TPSA) is 76.5 Å². The van der Waals surface area contributed by atoms with Crippen LogP contribution in [0.15, 0.2) is 73.1 Å². The van der Waals surface area contributed by atoms with Gasteiger partial charge in [-0.3, -0.25) is 14.6 Å². The molecular weight excluding hydrogens is 366 g/mol. The summed E-state index contributed by atoms with van der Waals surface area (Å²) < 4.78 is 5.82. The SMILES string of the molecule is Cc1ccccc1[C@H](CCC(=O)O)C(=O)c1cccc(OCc2ccncc2)c1. The number of ether oxygens (including phenoxy) is 1. The van der Waals surface area contributed by atoms with E-state index in [0.717, 1.165) is 16.7 Å². The number of hydrogen-bond donors (Lipinski definition) is 1. The summed E-state index contributed by atoms with van der Waals surface area (Å²) in [7, 11) is 0. The average molecular weight is 389 g/mol. The Kier molecular flexibility index (Phi) is 6.74. The molecule has 5 nitrogen and oxygen atoms in total. The lowest BCUT2D eigenvalue weighted by Crippen LogP contribution is -2.16. The first-order chi connectivity index (χ1) is 14.0. The second-order valence-corrected chi connectivity index (χ2v) is 6.88. The lowest BCUT2D eigenvalue weighted by molar-refractivity contribution is -0.137. The van der Waals surface area contributed by atoms with Gasteiger partial charge < -0.3 is 9.84 Å². The number of carboxylic acids is 1. The highest BCUT2D eigenvalue weighted by Gasteiger charge is 2.24. The maximum atomic E-state index is 13.3. The molecule has 0 bridgehead atoms. The predicted molar refractivity (Wildman–Crippen MR) is 110 cm³/mol. The van der Waals surface area contributed by atoms with Gasteiger partial charge in [-0.2, -0.15) is 0 Å². The largest absolute Gasteiger partial charge is 0.489 e. The molecule has 0 amide bonds. The van der Waals surface area contributed by atoms with Gasteiger partial charge in [-0.05, 0) is 54.3 Å². The monoisotopic (exact) mass is 389 g/mol. The normalized spacial score (nSPS) is 11.6. The molecule has 0 saturated heterocycles. The fraction of sp³-hybridized carbons (Fsp3) is 0.208. The summed E-state index contributed by atoms with van der Waals surface area (Å²) in [5.41, 5.74) is 3.33. The van der Waals surface area contributed by atoms with Crippen LogP contribution in [0.1, 0.15) is 45.8 Å². The van der Waals surface area contributed by atoms with Gasteiger partial charge in [0.15, 0.2) is 5.78 Å². The Labute approximate surface area is 170 Å². The first-order valence-electron chi connectivity index (χ1n) is 9.48. The van der Waals surface area contributed by atoms with Crippen molar-refractivity contribution in [3.05, 3.63) is 95.3 Å². The second-order valence-electron chi connectivity index (χ2n) is 6.88. The van der Waals surface area contributed by atoms with E-state index in [2.05, 4.69) is 4.98 Å². The minimum Gasteiger partial charge on any atom is -0.489 e. The molecule has 0 aliphatic rings. The van der Waals surface area contributed by atoms with Gasteiger partial charge in [0.1, 0.15) is 12.4 Å². The van der Waals surface area contributed by atoms with Gasteiger partial charge in [0.05, 0.1) is 0 Å². The molecule has 0 aliphatic carbocycles. The molecule has 0 saturated carbocycles. The van der Waals surface area contributed by atoms with Crippen molar-refractivity contribution in [3.8, 4) is 5.75 Å². The summed E-state index contributed by atoms with van der Waals surface area (Å²) in [6, 6.07) is 18.4. The molecule has 1 atom stereocenters. The van der Waals surface area contributed by atoms with Gasteiger partial charge in [0, 0.05) is 30.3 Å². The van der Waals surface area contributed by atoms with Crippen LogP contribution in [0.5, 0.6) is 5.75 Å². The number of carbonyl (C=O) groups excluding carboxylic acids is 1. The number of aryl methyl sites for hydroxylation is 1. The molecule has 1 aromatic heterocycles. The summed E-state index contributed by atoms with van der Waals surface area (Å²) in [5, 5.41) is 9.12. The third kappa shape index (κ3) is 5.51. The zero-order chi connectivity index (χ0) is 20.6. The van der Waals surface area contributed by atoms with Crippen LogP contribution in [0.2, 0.25) is 0 Å². The Morgan fingerprint density at radius 3 is 2.52 bits per heavy atom. The van der Waals surface area contributed by atoms with E-state index < -0.39 is 11.9 Å². The molecular formula is C24H23NO4. The van der Waals surface area contributed by atoms with E-state index in [1.165, 1.54) is 0 Å². The molecule has 3 rings (SSSR count). The Hall–Kier alpha value is -3.47. The average Bonchev–Trinajstić information content (AvgIpc) is 2.74. The summed E-state index contributed by atoms with van der Waals surface area (Å²) in [4.78, 5) is 28.4. The summed E-state index contributed by atoms with van der Waals surface area (Å²) >= 11 is 0. The fourth-order valence-electron chi connectivity index (χ4n) is 3.26. The van der Waals surface area contributed by atoms with Crippen LogP contribution in [0.3, 0.4) is 0 Å². The fourth-order valence-corrected chi connectivity index (χ4v) is 3.26. The maximum Gasteiger partial charge on any atom is 0.303 e. The molecule has 29 heavy (non-hydrogen) atoms. The third-order valence-electron chi connectivity index (χ3n) is 4.80. The number of ketones is 1. The zero-order valence-corrected chi connectivity index (χ0v) is 16.2. The standard InChI is InChI=1S/C24H23NO4/c1-17-5-2-3-8-21(17)22(9-10-23(26)27)24(28)19-6-4-7-20(15-19)29-16-18-11-13-25-14-12-18/h2-8,11-15,22H,9-10,16H2,1H3,(H,26,27)/t22-/m0/s1. The third-order valence-corrected chi connectivity index (χ3v) is 4.80. The molecule has 0 fully saturated rings. The first kappa shape index (κ1) is 20.3. The number of pyridine rings is 1. The van der Waals surface area contributed by atoms with E-state index in [9.17, 15) is 9.59 Å². The van der Waals surface area contributed by atoms with E-state index >= 15 is 0 Å². The number of Topliss-reactive ketones (excluding diaryl/α,β-unsaturated/α-hetero) is 1. The lowest BCUT2D eigenvalue weighted by Gasteiger charge is -2.18. The number of benzene rings is 2. The van der Waals surface area contributed by atoms with Crippen LogP contribution in [-0.4, -0.2) is 21.8 Å². The molecule has 0 unspecified atom stereocenters. The van der Waals surface area contributed by atoms with Crippen LogP contribution in [0, 0.1) is 6.92 Å². The van der Waals surface area contributed by atoms with Crippen molar-refractivity contribution in [2.24, 2.45) is 0 Å². The summed E-state index contributed by atoms with van der Waals surface area (Å²) in [6.07, 6.45) is 3.59. The van der Waals surface area contributed by atoms with Crippen LogP contribution < -0.4 is 4.74 Å². The first-order valence-corrected chi connectivity index (χ1v) is 9.48. The lowest BCUT2D eigenvalue weighted by atomic mass is 9.85. The molecule has 0 aliphatic heterocycles. The second kappa shape index (κ2) is 9.64. The van der Waals surface area contributed by atoms with E-state index in [1.54, 1.807) is 36.7 Å². The quantitative estimate of drug-likeness (QED) is 0.532. The Morgan fingerprint density at radius 2 is 1.79 bits per heavy atom. The Bertz CT molecular complexity index is 985. The number of carbonyl (C=O) groups is 2. The van der Waals surface area contributed by atoms with Crippen molar-refractivity contribution in [2.75, 3.05) is 0 Å². The van der Waals surface area contributed by atoms with Crippen molar-refractivity contribution in [1.82, 2.24) is 4.98 Å².